The Morgan fingerprint density at radius 1 is 0.963 bits per heavy atom. The lowest BCUT2D eigenvalue weighted by Gasteiger charge is -2.10. The minimum absolute atomic E-state index is 0.144. The van der Waals surface area contributed by atoms with Crippen molar-refractivity contribution >= 4 is 22.8 Å². The van der Waals surface area contributed by atoms with Gasteiger partial charge in [-0.05, 0) is 79.9 Å². The highest BCUT2D eigenvalue weighted by Gasteiger charge is 2.13. The predicted molar refractivity (Wildman–Crippen MR) is 105 cm³/mol. The van der Waals surface area contributed by atoms with Crippen LogP contribution in [0.15, 0.2) is 54.7 Å². The Morgan fingerprint density at radius 2 is 1.81 bits per heavy atom. The van der Waals surface area contributed by atoms with Crippen LogP contribution in [0, 0.1) is 20.8 Å². The second kappa shape index (κ2) is 6.64. The maximum atomic E-state index is 12.6. The average molecular weight is 357 g/mol. The molecule has 2 aromatic carbocycles. The molecule has 0 spiro atoms. The third-order valence-electron chi connectivity index (χ3n) is 4.66. The summed E-state index contributed by atoms with van der Waals surface area (Å²) in [6.45, 7) is 6.02. The van der Waals surface area contributed by atoms with Gasteiger partial charge in [-0.3, -0.25) is 4.79 Å². The molecular weight excluding hydrogens is 338 g/mol. The SMILES string of the molecule is Cc1ccc(NC(=O)c2ccc(-n3nnc4cccnc43)c(C)c2)cc1C. The molecule has 0 fully saturated rings. The molecule has 6 nitrogen and oxygen atoms in total. The number of carbonyl (C=O) groups excluding carboxylic acids is 1. The molecule has 0 radical (unpaired) electrons. The van der Waals surface area contributed by atoms with E-state index in [0.717, 1.165) is 28.0 Å². The Hall–Kier alpha value is -3.54. The summed E-state index contributed by atoms with van der Waals surface area (Å²) in [5.41, 5.74) is 6.90. The van der Waals surface area contributed by atoms with E-state index in [9.17, 15) is 4.79 Å². The summed E-state index contributed by atoms with van der Waals surface area (Å²) in [5.74, 6) is -0.144. The maximum Gasteiger partial charge on any atom is 0.255 e. The predicted octanol–water partition coefficient (Wildman–Crippen LogP) is 3.99. The second-order valence-electron chi connectivity index (χ2n) is 6.60. The number of anilines is 1. The first kappa shape index (κ1) is 16.9. The van der Waals surface area contributed by atoms with E-state index in [1.165, 1.54) is 5.56 Å². The molecule has 0 unspecified atom stereocenters. The van der Waals surface area contributed by atoms with Gasteiger partial charge >= 0.3 is 0 Å². The number of hydrogen-bond donors (Lipinski definition) is 1. The van der Waals surface area contributed by atoms with Crippen LogP contribution in [0.5, 0.6) is 0 Å². The average Bonchev–Trinajstić information content (AvgIpc) is 3.08. The minimum Gasteiger partial charge on any atom is -0.322 e. The summed E-state index contributed by atoms with van der Waals surface area (Å²) in [6.07, 6.45) is 1.71. The van der Waals surface area contributed by atoms with Gasteiger partial charge in [-0.2, -0.15) is 4.68 Å². The van der Waals surface area contributed by atoms with Crippen LogP contribution in [0.3, 0.4) is 0 Å². The van der Waals surface area contributed by atoms with Gasteiger partial charge in [0, 0.05) is 17.4 Å². The van der Waals surface area contributed by atoms with Crippen molar-refractivity contribution in [3.8, 4) is 5.69 Å². The van der Waals surface area contributed by atoms with E-state index in [1.807, 2.05) is 63.2 Å². The number of amides is 1. The van der Waals surface area contributed by atoms with Crippen molar-refractivity contribution in [2.24, 2.45) is 0 Å². The van der Waals surface area contributed by atoms with E-state index >= 15 is 0 Å². The fourth-order valence-corrected chi connectivity index (χ4v) is 2.98. The first-order valence-electron chi connectivity index (χ1n) is 8.69. The van der Waals surface area contributed by atoms with Crippen molar-refractivity contribution in [3.05, 3.63) is 77.0 Å². The topological polar surface area (TPSA) is 72.7 Å². The number of carbonyl (C=O) groups is 1. The molecule has 2 heterocycles. The van der Waals surface area contributed by atoms with Crippen molar-refractivity contribution in [1.29, 1.82) is 0 Å². The van der Waals surface area contributed by atoms with Crippen molar-refractivity contribution in [2.75, 3.05) is 5.32 Å². The molecule has 27 heavy (non-hydrogen) atoms. The molecular formula is C21H19N5O. The van der Waals surface area contributed by atoms with E-state index < -0.39 is 0 Å². The number of nitrogens with one attached hydrogen (secondary N) is 1. The number of hydrogen-bond acceptors (Lipinski definition) is 4. The van der Waals surface area contributed by atoms with Crippen LogP contribution in [0.25, 0.3) is 16.9 Å². The summed E-state index contributed by atoms with van der Waals surface area (Å²) in [6, 6.07) is 15.1. The van der Waals surface area contributed by atoms with Gasteiger partial charge in [0.2, 0.25) is 0 Å². The Labute approximate surface area is 156 Å². The van der Waals surface area contributed by atoms with Gasteiger partial charge in [0.15, 0.2) is 5.65 Å². The molecule has 134 valence electrons. The van der Waals surface area contributed by atoms with E-state index in [2.05, 4.69) is 20.6 Å². The van der Waals surface area contributed by atoms with Crippen LogP contribution in [0.1, 0.15) is 27.0 Å². The molecule has 0 aliphatic carbocycles. The number of aromatic nitrogens is 4. The molecule has 4 rings (SSSR count). The largest absolute Gasteiger partial charge is 0.322 e. The van der Waals surface area contributed by atoms with Gasteiger partial charge in [0.1, 0.15) is 5.52 Å². The molecule has 0 aliphatic heterocycles. The quantitative estimate of drug-likeness (QED) is 0.602. The first-order chi connectivity index (χ1) is 13.0. The molecule has 0 atom stereocenters. The molecule has 0 saturated heterocycles. The fourth-order valence-electron chi connectivity index (χ4n) is 2.98. The molecule has 0 aliphatic rings. The first-order valence-corrected chi connectivity index (χ1v) is 8.69. The highest BCUT2D eigenvalue weighted by atomic mass is 16.1. The number of rotatable bonds is 3. The van der Waals surface area contributed by atoms with Gasteiger partial charge < -0.3 is 5.32 Å². The number of benzene rings is 2. The number of nitrogens with zero attached hydrogens (tertiary/aromatic N) is 4. The molecule has 6 heteroatoms. The van der Waals surface area contributed by atoms with Gasteiger partial charge in [-0.15, -0.1) is 5.10 Å². The monoisotopic (exact) mass is 357 g/mol. The smallest absolute Gasteiger partial charge is 0.255 e. The van der Waals surface area contributed by atoms with Crippen molar-refractivity contribution < 1.29 is 4.79 Å². The minimum atomic E-state index is -0.144. The van der Waals surface area contributed by atoms with Gasteiger partial charge in [0.25, 0.3) is 5.91 Å². The number of pyridine rings is 1. The zero-order chi connectivity index (χ0) is 19.0. The summed E-state index contributed by atoms with van der Waals surface area (Å²) >= 11 is 0. The van der Waals surface area contributed by atoms with Crippen LogP contribution in [-0.4, -0.2) is 25.9 Å². The summed E-state index contributed by atoms with van der Waals surface area (Å²) in [4.78, 5) is 17.0. The lowest BCUT2D eigenvalue weighted by atomic mass is 10.1. The molecule has 1 amide bonds. The Balaban J connectivity index is 1.63. The highest BCUT2D eigenvalue weighted by Crippen LogP contribution is 2.20. The maximum absolute atomic E-state index is 12.6. The summed E-state index contributed by atoms with van der Waals surface area (Å²) in [7, 11) is 0. The molecule has 0 saturated carbocycles. The fraction of sp³-hybridized carbons (Fsp3) is 0.143. The number of aryl methyl sites for hydroxylation is 3. The zero-order valence-electron chi connectivity index (χ0n) is 15.4. The van der Waals surface area contributed by atoms with Crippen molar-refractivity contribution in [3.63, 3.8) is 0 Å². The van der Waals surface area contributed by atoms with E-state index in [1.54, 1.807) is 16.9 Å². The number of fused-ring (bicyclic) bond motifs is 1. The van der Waals surface area contributed by atoms with E-state index in [0.29, 0.717) is 11.2 Å². The van der Waals surface area contributed by atoms with Crippen LogP contribution in [0.2, 0.25) is 0 Å². The highest BCUT2D eigenvalue weighted by molar-refractivity contribution is 6.04. The molecule has 4 aromatic rings. The Bertz CT molecular complexity index is 1160. The van der Waals surface area contributed by atoms with Crippen molar-refractivity contribution in [1.82, 2.24) is 20.0 Å². The zero-order valence-corrected chi connectivity index (χ0v) is 15.4. The third-order valence-corrected chi connectivity index (χ3v) is 4.66. The van der Waals surface area contributed by atoms with Gasteiger partial charge in [0.05, 0.1) is 5.69 Å². The Kier molecular flexibility index (Phi) is 4.16. The lowest BCUT2D eigenvalue weighted by molar-refractivity contribution is 0.102. The summed E-state index contributed by atoms with van der Waals surface area (Å²) < 4.78 is 1.69. The van der Waals surface area contributed by atoms with Crippen LogP contribution < -0.4 is 5.32 Å². The van der Waals surface area contributed by atoms with Gasteiger partial charge in [-0.1, -0.05) is 11.3 Å². The van der Waals surface area contributed by atoms with Gasteiger partial charge in [-0.25, -0.2) is 4.98 Å². The molecule has 0 bridgehead atoms. The van der Waals surface area contributed by atoms with Crippen LogP contribution >= 0.6 is 0 Å². The third kappa shape index (κ3) is 3.17. The van der Waals surface area contributed by atoms with E-state index in [-0.39, 0.29) is 5.91 Å². The van der Waals surface area contributed by atoms with Crippen molar-refractivity contribution in [2.45, 2.75) is 20.8 Å². The lowest BCUT2D eigenvalue weighted by Crippen LogP contribution is -2.13. The van der Waals surface area contributed by atoms with Crippen LogP contribution in [0.4, 0.5) is 5.69 Å². The van der Waals surface area contributed by atoms with E-state index in [4.69, 9.17) is 0 Å². The standard InChI is InChI=1S/C21H19N5O/c1-13-6-8-17(12-14(13)2)23-21(27)16-7-9-19(15(3)11-16)26-20-18(24-25-26)5-4-10-22-20/h4-12H,1-3H3,(H,23,27). The Morgan fingerprint density at radius 3 is 2.59 bits per heavy atom. The summed E-state index contributed by atoms with van der Waals surface area (Å²) in [5, 5.41) is 11.3. The normalized spacial score (nSPS) is 10.9. The molecule has 2 aromatic heterocycles. The molecule has 1 N–H and O–H groups in total. The van der Waals surface area contributed by atoms with Crippen LogP contribution in [-0.2, 0) is 0 Å². The second-order valence-corrected chi connectivity index (χ2v) is 6.60.